The van der Waals surface area contributed by atoms with Crippen LogP contribution >= 0.6 is 15.9 Å². The smallest absolute Gasteiger partial charge is 0.308 e. The van der Waals surface area contributed by atoms with E-state index in [2.05, 4.69) is 15.9 Å². The number of rotatable bonds is 3. The summed E-state index contributed by atoms with van der Waals surface area (Å²) >= 11 is 3.37. The molecule has 1 aliphatic rings. The second-order valence-electron chi connectivity index (χ2n) is 4.73. The largest absolute Gasteiger partial charge is 0.469 e. The summed E-state index contributed by atoms with van der Waals surface area (Å²) in [5.74, 6) is -0.438. The van der Waals surface area contributed by atoms with Crippen LogP contribution < -0.4 is 0 Å². The van der Waals surface area contributed by atoms with E-state index in [1.54, 1.807) is 6.92 Å². The molecule has 1 aliphatic carbocycles. The first kappa shape index (κ1) is 13.3. The molecular formula is C14H15BrO3. The summed E-state index contributed by atoms with van der Waals surface area (Å²) in [5.41, 5.74) is 1.86. The third kappa shape index (κ3) is 2.48. The van der Waals surface area contributed by atoms with Gasteiger partial charge in [-0.3, -0.25) is 9.59 Å². The number of Topliss-reactive ketones (excluding diaryl/α,β-unsaturated/α-hetero) is 1. The predicted octanol–water partition coefficient (Wildman–Crippen LogP) is 3.00. The molecule has 0 spiro atoms. The molecule has 0 radical (unpaired) electrons. The number of benzene rings is 1. The fraction of sp³-hybridized carbons (Fsp3) is 0.429. The van der Waals surface area contributed by atoms with Crippen molar-refractivity contribution in [2.24, 2.45) is 11.8 Å². The molecule has 1 aromatic rings. The molecule has 0 N–H and O–H groups in total. The monoisotopic (exact) mass is 310 g/mol. The molecule has 18 heavy (non-hydrogen) atoms. The van der Waals surface area contributed by atoms with E-state index in [4.69, 9.17) is 4.74 Å². The van der Waals surface area contributed by atoms with Gasteiger partial charge in [-0.25, -0.2) is 0 Å². The van der Waals surface area contributed by atoms with E-state index in [0.29, 0.717) is 6.42 Å². The molecule has 0 fully saturated rings. The van der Waals surface area contributed by atoms with E-state index in [1.165, 1.54) is 7.11 Å². The van der Waals surface area contributed by atoms with Crippen LogP contribution in [0.1, 0.15) is 29.3 Å². The van der Waals surface area contributed by atoms with Gasteiger partial charge in [0.05, 0.1) is 13.0 Å². The van der Waals surface area contributed by atoms with Gasteiger partial charge in [0.25, 0.3) is 0 Å². The normalized spacial score (nSPS) is 19.5. The van der Waals surface area contributed by atoms with Gasteiger partial charge >= 0.3 is 5.97 Å². The van der Waals surface area contributed by atoms with E-state index in [0.717, 1.165) is 22.0 Å². The summed E-state index contributed by atoms with van der Waals surface area (Å²) in [6.07, 6.45) is 1.28. The lowest BCUT2D eigenvalue weighted by atomic mass is 9.93. The maximum Gasteiger partial charge on any atom is 0.308 e. The molecule has 0 amide bonds. The molecular weight excluding hydrogens is 296 g/mol. The maximum absolute atomic E-state index is 12.2. The Balaban J connectivity index is 2.12. The molecule has 0 aliphatic heterocycles. The standard InChI is InChI=1S/C14H15BrO3/c1-8(14(17)18-2)5-10-6-9-3-4-11(15)7-12(9)13(10)16/h3-4,7-8,10H,5-6H2,1-2H3. The van der Waals surface area contributed by atoms with Gasteiger partial charge in [-0.05, 0) is 30.5 Å². The Morgan fingerprint density at radius 3 is 2.94 bits per heavy atom. The predicted molar refractivity (Wildman–Crippen MR) is 71.5 cm³/mol. The van der Waals surface area contributed by atoms with Crippen LogP contribution in [0.15, 0.2) is 22.7 Å². The zero-order valence-electron chi connectivity index (χ0n) is 10.4. The zero-order chi connectivity index (χ0) is 13.3. The van der Waals surface area contributed by atoms with Crippen LogP contribution in [0.4, 0.5) is 0 Å². The fourth-order valence-corrected chi connectivity index (χ4v) is 2.81. The summed E-state index contributed by atoms with van der Waals surface area (Å²) in [7, 11) is 1.38. The van der Waals surface area contributed by atoms with Gasteiger partial charge in [0.2, 0.25) is 0 Å². The number of fused-ring (bicyclic) bond motifs is 1. The fourth-order valence-electron chi connectivity index (χ4n) is 2.45. The number of methoxy groups -OCH3 is 1. The molecule has 96 valence electrons. The molecule has 2 atom stereocenters. The lowest BCUT2D eigenvalue weighted by Crippen LogP contribution is -2.20. The molecule has 0 saturated carbocycles. The summed E-state index contributed by atoms with van der Waals surface area (Å²) < 4.78 is 5.61. The first-order valence-electron chi connectivity index (χ1n) is 5.93. The van der Waals surface area contributed by atoms with Crippen molar-refractivity contribution in [3.8, 4) is 0 Å². The number of halogens is 1. The molecule has 3 nitrogen and oxygen atoms in total. The Morgan fingerprint density at radius 2 is 2.28 bits per heavy atom. The zero-order valence-corrected chi connectivity index (χ0v) is 12.0. The minimum atomic E-state index is -0.250. The highest BCUT2D eigenvalue weighted by Crippen LogP contribution is 2.32. The number of carbonyl (C=O) groups is 2. The van der Waals surface area contributed by atoms with Crippen molar-refractivity contribution >= 4 is 27.7 Å². The van der Waals surface area contributed by atoms with E-state index in [-0.39, 0.29) is 23.6 Å². The third-order valence-corrected chi connectivity index (χ3v) is 3.91. The van der Waals surface area contributed by atoms with Crippen LogP contribution in [-0.4, -0.2) is 18.9 Å². The first-order chi connectivity index (χ1) is 8.52. The summed E-state index contributed by atoms with van der Waals surface area (Å²) in [4.78, 5) is 23.6. The number of ether oxygens (including phenoxy) is 1. The lowest BCUT2D eigenvalue weighted by Gasteiger charge is -2.12. The Morgan fingerprint density at radius 1 is 1.56 bits per heavy atom. The minimum Gasteiger partial charge on any atom is -0.469 e. The van der Waals surface area contributed by atoms with Gasteiger partial charge in [-0.15, -0.1) is 0 Å². The molecule has 2 rings (SSSR count). The summed E-state index contributed by atoms with van der Waals surface area (Å²) in [6, 6.07) is 5.78. The second kappa shape index (κ2) is 5.22. The molecule has 0 bridgehead atoms. The average molecular weight is 311 g/mol. The van der Waals surface area contributed by atoms with Crippen LogP contribution in [0.2, 0.25) is 0 Å². The SMILES string of the molecule is COC(=O)C(C)CC1Cc2ccc(Br)cc2C1=O. The molecule has 0 saturated heterocycles. The van der Waals surface area contributed by atoms with Crippen molar-refractivity contribution in [1.29, 1.82) is 0 Å². The van der Waals surface area contributed by atoms with E-state index < -0.39 is 0 Å². The minimum absolute atomic E-state index is 0.0941. The van der Waals surface area contributed by atoms with Crippen molar-refractivity contribution < 1.29 is 14.3 Å². The number of esters is 1. The van der Waals surface area contributed by atoms with Gasteiger partial charge in [0.1, 0.15) is 0 Å². The average Bonchev–Trinajstić information content (AvgIpc) is 2.65. The number of carbonyl (C=O) groups excluding carboxylic acids is 2. The van der Waals surface area contributed by atoms with Crippen LogP contribution in [0.25, 0.3) is 0 Å². The molecule has 4 heteroatoms. The van der Waals surface area contributed by atoms with Gasteiger partial charge in [0.15, 0.2) is 5.78 Å². The lowest BCUT2D eigenvalue weighted by molar-refractivity contribution is -0.145. The van der Waals surface area contributed by atoms with E-state index in [9.17, 15) is 9.59 Å². The Bertz CT molecular complexity index is 496. The van der Waals surface area contributed by atoms with Crippen molar-refractivity contribution in [3.05, 3.63) is 33.8 Å². The number of hydrogen-bond acceptors (Lipinski definition) is 3. The van der Waals surface area contributed by atoms with Crippen molar-refractivity contribution in [2.45, 2.75) is 19.8 Å². The van der Waals surface area contributed by atoms with Gasteiger partial charge in [-0.1, -0.05) is 28.9 Å². The van der Waals surface area contributed by atoms with Gasteiger partial charge in [-0.2, -0.15) is 0 Å². The highest BCUT2D eigenvalue weighted by molar-refractivity contribution is 9.10. The van der Waals surface area contributed by atoms with Crippen LogP contribution in [0, 0.1) is 11.8 Å². The maximum atomic E-state index is 12.2. The summed E-state index contributed by atoms with van der Waals surface area (Å²) in [5, 5.41) is 0. The van der Waals surface area contributed by atoms with Crippen LogP contribution in [-0.2, 0) is 16.0 Å². The number of hydrogen-bond donors (Lipinski definition) is 0. The topological polar surface area (TPSA) is 43.4 Å². The van der Waals surface area contributed by atoms with Crippen molar-refractivity contribution in [1.82, 2.24) is 0 Å². The quantitative estimate of drug-likeness (QED) is 0.806. The molecule has 2 unspecified atom stereocenters. The third-order valence-electron chi connectivity index (χ3n) is 3.42. The molecule has 0 heterocycles. The summed E-state index contributed by atoms with van der Waals surface area (Å²) in [6.45, 7) is 1.80. The second-order valence-corrected chi connectivity index (χ2v) is 5.64. The van der Waals surface area contributed by atoms with E-state index in [1.807, 2.05) is 18.2 Å². The molecule has 1 aromatic carbocycles. The number of ketones is 1. The Kier molecular flexibility index (Phi) is 3.85. The van der Waals surface area contributed by atoms with Crippen LogP contribution in [0.5, 0.6) is 0 Å². The van der Waals surface area contributed by atoms with Crippen molar-refractivity contribution in [2.75, 3.05) is 7.11 Å². The van der Waals surface area contributed by atoms with Gasteiger partial charge < -0.3 is 4.74 Å². The molecule has 0 aromatic heterocycles. The van der Waals surface area contributed by atoms with E-state index >= 15 is 0 Å². The van der Waals surface area contributed by atoms with Crippen molar-refractivity contribution in [3.63, 3.8) is 0 Å². The Hall–Kier alpha value is -1.16. The first-order valence-corrected chi connectivity index (χ1v) is 6.72. The Labute approximate surface area is 115 Å². The highest BCUT2D eigenvalue weighted by atomic mass is 79.9. The van der Waals surface area contributed by atoms with Gasteiger partial charge in [0, 0.05) is 16.0 Å². The van der Waals surface area contributed by atoms with Crippen LogP contribution in [0.3, 0.4) is 0 Å². The highest BCUT2D eigenvalue weighted by Gasteiger charge is 2.33.